The maximum absolute atomic E-state index is 12.5. The summed E-state index contributed by atoms with van der Waals surface area (Å²) in [5.41, 5.74) is 8.32. The average Bonchev–Trinajstić information content (AvgIpc) is 2.78. The number of nitrogens with zero attached hydrogens (tertiary/aromatic N) is 3. The van der Waals surface area contributed by atoms with Gasteiger partial charge in [-0.25, -0.2) is 4.99 Å². The molecule has 2 aromatic rings. The van der Waals surface area contributed by atoms with Crippen LogP contribution < -0.4 is 20.7 Å². The Morgan fingerprint density at radius 3 is 2.53 bits per heavy atom. The molecule has 30 heavy (non-hydrogen) atoms. The number of anilines is 1. The summed E-state index contributed by atoms with van der Waals surface area (Å²) in [5.74, 6) is 1.18. The molecule has 160 valence electrons. The highest BCUT2D eigenvalue weighted by molar-refractivity contribution is 14.0. The number of hydrogen-bond donors (Lipinski definition) is 2. The maximum Gasteiger partial charge on any atom is 0.244 e. The quantitative estimate of drug-likeness (QED) is 0.367. The fourth-order valence-corrected chi connectivity index (χ4v) is 3.82. The predicted molar refractivity (Wildman–Crippen MR) is 130 cm³/mol. The Labute approximate surface area is 194 Å². The number of guanidine groups is 1. The first-order valence-electron chi connectivity index (χ1n) is 10.1. The van der Waals surface area contributed by atoms with Gasteiger partial charge in [0.2, 0.25) is 5.91 Å². The van der Waals surface area contributed by atoms with Gasteiger partial charge in [0.25, 0.3) is 0 Å². The number of amides is 1. The topological polar surface area (TPSA) is 83.2 Å². The van der Waals surface area contributed by atoms with Crippen molar-refractivity contribution in [2.75, 3.05) is 44.2 Å². The van der Waals surface area contributed by atoms with Crippen molar-refractivity contribution in [1.29, 1.82) is 0 Å². The number of benzene rings is 2. The average molecular weight is 521 g/mol. The van der Waals surface area contributed by atoms with Crippen molar-refractivity contribution < 1.29 is 9.53 Å². The summed E-state index contributed by atoms with van der Waals surface area (Å²) in [6, 6.07) is 18.2. The largest absolute Gasteiger partial charge is 0.493 e. The number of para-hydroxylation sites is 2. The second kappa shape index (κ2) is 10.5. The van der Waals surface area contributed by atoms with Crippen LogP contribution in [0.15, 0.2) is 59.6 Å². The first-order valence-corrected chi connectivity index (χ1v) is 10.1. The Kier molecular flexibility index (Phi) is 7.78. The number of nitrogens with two attached hydrogens (primary N) is 1. The zero-order valence-corrected chi connectivity index (χ0v) is 19.2. The number of aliphatic imine (C=N–C) groups is 1. The number of ether oxygens (including phenoxy) is 1. The van der Waals surface area contributed by atoms with Gasteiger partial charge in [-0.05, 0) is 18.2 Å². The summed E-state index contributed by atoms with van der Waals surface area (Å²) < 4.78 is 5.67. The van der Waals surface area contributed by atoms with Gasteiger partial charge in [-0.15, -0.1) is 24.0 Å². The van der Waals surface area contributed by atoms with Gasteiger partial charge in [-0.1, -0.05) is 36.4 Å². The van der Waals surface area contributed by atoms with Crippen molar-refractivity contribution in [3.8, 4) is 5.75 Å². The highest BCUT2D eigenvalue weighted by Gasteiger charge is 2.23. The minimum Gasteiger partial charge on any atom is -0.493 e. The van der Waals surface area contributed by atoms with Crippen LogP contribution in [0.2, 0.25) is 0 Å². The molecule has 4 rings (SSSR count). The van der Waals surface area contributed by atoms with Crippen LogP contribution in [0.3, 0.4) is 0 Å². The molecule has 2 aliphatic heterocycles. The SMILES string of the molecule is I.NC(=NCC(=O)N1CCN(c2ccccc2)CC1)NC1CCOc2ccccc21. The summed E-state index contributed by atoms with van der Waals surface area (Å²) in [4.78, 5) is 21.0. The van der Waals surface area contributed by atoms with E-state index in [2.05, 4.69) is 27.3 Å². The van der Waals surface area contributed by atoms with E-state index in [1.807, 2.05) is 47.4 Å². The summed E-state index contributed by atoms with van der Waals surface area (Å²) in [6.07, 6.45) is 0.808. The van der Waals surface area contributed by atoms with Gasteiger partial charge in [0.1, 0.15) is 12.3 Å². The van der Waals surface area contributed by atoms with Gasteiger partial charge in [0.05, 0.1) is 12.6 Å². The normalized spacial score (nSPS) is 18.7. The van der Waals surface area contributed by atoms with Crippen LogP contribution in [-0.4, -0.2) is 56.1 Å². The van der Waals surface area contributed by atoms with E-state index in [1.54, 1.807) is 0 Å². The Morgan fingerprint density at radius 1 is 1.07 bits per heavy atom. The summed E-state index contributed by atoms with van der Waals surface area (Å²) in [5, 5.41) is 3.23. The number of halogens is 1. The van der Waals surface area contributed by atoms with Gasteiger partial charge in [0.15, 0.2) is 5.96 Å². The summed E-state index contributed by atoms with van der Waals surface area (Å²) >= 11 is 0. The van der Waals surface area contributed by atoms with Gasteiger partial charge >= 0.3 is 0 Å². The lowest BCUT2D eigenvalue weighted by Gasteiger charge is -2.36. The van der Waals surface area contributed by atoms with Crippen molar-refractivity contribution in [3.05, 3.63) is 60.2 Å². The van der Waals surface area contributed by atoms with E-state index >= 15 is 0 Å². The number of carbonyl (C=O) groups excluding carboxylic acids is 1. The molecule has 2 aromatic carbocycles. The zero-order chi connectivity index (χ0) is 20.1. The third kappa shape index (κ3) is 5.35. The highest BCUT2D eigenvalue weighted by Crippen LogP contribution is 2.31. The van der Waals surface area contributed by atoms with Crippen LogP contribution in [0.4, 0.5) is 5.69 Å². The lowest BCUT2D eigenvalue weighted by atomic mass is 10.0. The monoisotopic (exact) mass is 521 g/mol. The third-order valence-corrected chi connectivity index (χ3v) is 5.42. The molecule has 0 saturated carbocycles. The first kappa shape index (κ1) is 22.2. The van der Waals surface area contributed by atoms with Crippen molar-refractivity contribution in [2.45, 2.75) is 12.5 Å². The number of piperazine rings is 1. The molecule has 2 heterocycles. The molecule has 1 amide bonds. The fraction of sp³-hybridized carbons (Fsp3) is 0.364. The van der Waals surface area contributed by atoms with Crippen LogP contribution in [0.1, 0.15) is 18.0 Å². The Balaban J connectivity index is 0.00000256. The number of carbonyl (C=O) groups is 1. The molecule has 0 bridgehead atoms. The molecule has 0 radical (unpaired) electrons. The molecule has 3 N–H and O–H groups in total. The molecule has 8 heteroatoms. The first-order chi connectivity index (χ1) is 14.2. The van der Waals surface area contributed by atoms with E-state index in [1.165, 1.54) is 5.69 Å². The molecule has 0 aromatic heterocycles. The molecule has 1 unspecified atom stereocenters. The maximum atomic E-state index is 12.5. The lowest BCUT2D eigenvalue weighted by molar-refractivity contribution is -0.129. The van der Waals surface area contributed by atoms with Gasteiger partial charge in [0, 0.05) is 43.9 Å². The summed E-state index contributed by atoms with van der Waals surface area (Å²) in [6.45, 7) is 3.74. The minimum absolute atomic E-state index is 0. The predicted octanol–water partition coefficient (Wildman–Crippen LogP) is 2.38. The van der Waals surface area contributed by atoms with Crippen LogP contribution in [-0.2, 0) is 4.79 Å². The second-order valence-electron chi connectivity index (χ2n) is 7.28. The molecular formula is C22H28IN5O2. The molecular weight excluding hydrogens is 493 g/mol. The van der Waals surface area contributed by atoms with Crippen LogP contribution in [0.5, 0.6) is 5.75 Å². The molecule has 2 aliphatic rings. The van der Waals surface area contributed by atoms with E-state index < -0.39 is 0 Å². The summed E-state index contributed by atoms with van der Waals surface area (Å²) in [7, 11) is 0. The van der Waals surface area contributed by atoms with E-state index in [0.717, 1.165) is 30.8 Å². The Morgan fingerprint density at radius 2 is 1.77 bits per heavy atom. The van der Waals surface area contributed by atoms with Crippen molar-refractivity contribution in [1.82, 2.24) is 10.2 Å². The number of rotatable bonds is 4. The highest BCUT2D eigenvalue weighted by atomic mass is 127. The van der Waals surface area contributed by atoms with E-state index in [4.69, 9.17) is 10.5 Å². The van der Waals surface area contributed by atoms with Gasteiger partial charge < -0.3 is 25.6 Å². The van der Waals surface area contributed by atoms with E-state index in [0.29, 0.717) is 25.7 Å². The molecule has 0 spiro atoms. The standard InChI is InChI=1S/C22H27N5O2.HI/c23-22(25-19-10-15-29-20-9-5-4-8-18(19)20)24-16-21(28)27-13-11-26(12-14-27)17-6-2-1-3-7-17;/h1-9,19H,10-16H2,(H3,23,24,25);1H. The lowest BCUT2D eigenvalue weighted by Crippen LogP contribution is -2.49. The van der Waals surface area contributed by atoms with Crippen molar-refractivity contribution in [3.63, 3.8) is 0 Å². The smallest absolute Gasteiger partial charge is 0.244 e. The van der Waals surface area contributed by atoms with Gasteiger partial charge in [-0.2, -0.15) is 0 Å². The third-order valence-electron chi connectivity index (χ3n) is 5.42. The Bertz CT molecular complexity index is 869. The molecule has 7 nitrogen and oxygen atoms in total. The molecule has 1 fully saturated rings. The second-order valence-corrected chi connectivity index (χ2v) is 7.28. The van der Waals surface area contributed by atoms with E-state index in [9.17, 15) is 4.79 Å². The zero-order valence-electron chi connectivity index (χ0n) is 16.9. The van der Waals surface area contributed by atoms with Crippen molar-refractivity contribution in [2.24, 2.45) is 10.7 Å². The van der Waals surface area contributed by atoms with Gasteiger partial charge in [-0.3, -0.25) is 4.79 Å². The number of nitrogens with one attached hydrogen (secondary N) is 1. The van der Waals surface area contributed by atoms with Crippen molar-refractivity contribution >= 4 is 41.5 Å². The Hall–Kier alpha value is -2.49. The minimum atomic E-state index is 0. The van der Waals surface area contributed by atoms with E-state index in [-0.39, 0.29) is 42.5 Å². The number of fused-ring (bicyclic) bond motifs is 1. The fourth-order valence-electron chi connectivity index (χ4n) is 3.82. The number of hydrogen-bond acceptors (Lipinski definition) is 4. The molecule has 1 atom stereocenters. The van der Waals surface area contributed by atoms with Crippen LogP contribution in [0.25, 0.3) is 0 Å². The van der Waals surface area contributed by atoms with Crippen LogP contribution >= 0.6 is 24.0 Å². The van der Waals surface area contributed by atoms with Crippen LogP contribution in [0, 0.1) is 0 Å². The molecule has 0 aliphatic carbocycles. The molecule has 1 saturated heterocycles.